The monoisotopic (exact) mass is 213 g/mol. The van der Waals surface area contributed by atoms with Crippen LogP contribution in [0.1, 0.15) is 40.5 Å². The highest BCUT2D eigenvalue weighted by Crippen LogP contribution is 2.28. The van der Waals surface area contributed by atoms with Crippen LogP contribution in [0.3, 0.4) is 0 Å². The van der Waals surface area contributed by atoms with Crippen LogP contribution in [0.15, 0.2) is 0 Å². The maximum atomic E-state index is 12.0. The average Bonchev–Trinajstić information content (AvgIpc) is 2.45. The summed E-state index contributed by atoms with van der Waals surface area (Å²) in [6.45, 7) is 9.37. The van der Waals surface area contributed by atoms with Gasteiger partial charge in [0.1, 0.15) is 0 Å². The number of rotatable bonds is 1. The van der Waals surface area contributed by atoms with E-state index >= 15 is 0 Å². The lowest BCUT2D eigenvalue weighted by atomic mass is 9.99. The van der Waals surface area contributed by atoms with Gasteiger partial charge in [0.2, 0.25) is 0 Å². The van der Waals surface area contributed by atoms with E-state index in [0.717, 1.165) is 19.4 Å². The first kappa shape index (κ1) is 12.3. The van der Waals surface area contributed by atoms with E-state index in [-0.39, 0.29) is 17.1 Å². The zero-order valence-corrected chi connectivity index (χ0v) is 10.3. The van der Waals surface area contributed by atoms with Gasteiger partial charge in [0.15, 0.2) is 0 Å². The molecule has 4 heteroatoms. The van der Waals surface area contributed by atoms with E-state index in [9.17, 15) is 4.79 Å². The molecule has 88 valence electrons. The minimum absolute atomic E-state index is 0.00736. The Hall–Kier alpha value is -0.770. The average molecular weight is 213 g/mol. The molecule has 2 amide bonds. The van der Waals surface area contributed by atoms with Crippen molar-refractivity contribution in [3.63, 3.8) is 0 Å². The molecule has 0 aromatic heterocycles. The lowest BCUT2D eigenvalue weighted by molar-refractivity contribution is 0.152. The Bertz CT molecular complexity index is 247. The number of nitrogens with one attached hydrogen (secondary N) is 1. The number of nitrogens with two attached hydrogens (primary N) is 1. The van der Waals surface area contributed by atoms with E-state index < -0.39 is 0 Å². The Morgan fingerprint density at radius 2 is 2.13 bits per heavy atom. The highest BCUT2D eigenvalue weighted by Gasteiger charge is 2.39. The highest BCUT2D eigenvalue weighted by atomic mass is 16.2. The zero-order valence-electron chi connectivity index (χ0n) is 10.3. The summed E-state index contributed by atoms with van der Waals surface area (Å²) in [5.74, 6) is 0. The molecule has 0 aliphatic carbocycles. The molecule has 1 rings (SSSR count). The van der Waals surface area contributed by atoms with E-state index in [1.54, 1.807) is 0 Å². The summed E-state index contributed by atoms with van der Waals surface area (Å²) in [6, 6.07) is 0.00736. The number of carbonyl (C=O) groups is 1. The van der Waals surface area contributed by atoms with Crippen molar-refractivity contribution in [2.75, 3.05) is 13.1 Å². The Balaban J connectivity index is 2.67. The Kier molecular flexibility index (Phi) is 3.28. The molecule has 1 fully saturated rings. The second kappa shape index (κ2) is 4.00. The molecule has 0 spiro atoms. The summed E-state index contributed by atoms with van der Waals surface area (Å²) in [5.41, 5.74) is 5.40. The van der Waals surface area contributed by atoms with E-state index in [2.05, 4.69) is 12.2 Å². The molecule has 1 heterocycles. The lowest BCUT2D eigenvalue weighted by Crippen LogP contribution is -2.56. The minimum atomic E-state index is -0.185. The molecular weight excluding hydrogens is 190 g/mol. The van der Waals surface area contributed by atoms with Crippen LogP contribution >= 0.6 is 0 Å². The molecule has 0 aromatic carbocycles. The second-order valence-electron chi connectivity index (χ2n) is 5.64. The molecule has 4 nitrogen and oxygen atoms in total. The van der Waals surface area contributed by atoms with Crippen LogP contribution in [0.2, 0.25) is 0 Å². The van der Waals surface area contributed by atoms with Gasteiger partial charge in [-0.15, -0.1) is 0 Å². The molecule has 1 saturated heterocycles. The highest BCUT2D eigenvalue weighted by molar-refractivity contribution is 5.76. The van der Waals surface area contributed by atoms with Crippen LogP contribution in [0.5, 0.6) is 0 Å². The maximum absolute atomic E-state index is 12.0. The molecule has 3 N–H and O–H groups in total. The Morgan fingerprint density at radius 1 is 1.53 bits per heavy atom. The third kappa shape index (κ3) is 2.84. The Labute approximate surface area is 92.2 Å². The van der Waals surface area contributed by atoms with Crippen LogP contribution in [-0.4, -0.2) is 35.1 Å². The van der Waals surface area contributed by atoms with Crippen molar-refractivity contribution in [3.05, 3.63) is 0 Å². The number of hydrogen-bond acceptors (Lipinski definition) is 2. The van der Waals surface area contributed by atoms with Gasteiger partial charge in [0.25, 0.3) is 0 Å². The van der Waals surface area contributed by atoms with Crippen molar-refractivity contribution in [1.29, 1.82) is 0 Å². The summed E-state index contributed by atoms with van der Waals surface area (Å²) in [4.78, 5) is 13.9. The molecule has 0 radical (unpaired) electrons. The van der Waals surface area contributed by atoms with Crippen molar-refractivity contribution in [3.8, 4) is 0 Å². The smallest absolute Gasteiger partial charge is 0.318 e. The summed E-state index contributed by atoms with van der Waals surface area (Å²) in [7, 11) is 0. The SMILES string of the molecule is CC(C)(C)NC(=O)N1CCCC1(C)CN. The van der Waals surface area contributed by atoms with E-state index in [1.807, 2.05) is 25.7 Å². The largest absolute Gasteiger partial charge is 0.333 e. The van der Waals surface area contributed by atoms with Crippen molar-refractivity contribution >= 4 is 6.03 Å². The first-order valence-corrected chi connectivity index (χ1v) is 5.58. The number of hydrogen-bond donors (Lipinski definition) is 2. The van der Waals surface area contributed by atoms with Gasteiger partial charge in [-0.25, -0.2) is 4.79 Å². The third-order valence-corrected chi connectivity index (χ3v) is 2.92. The van der Waals surface area contributed by atoms with Crippen molar-refractivity contribution in [1.82, 2.24) is 10.2 Å². The number of amides is 2. The number of carbonyl (C=O) groups excluding carboxylic acids is 1. The van der Waals surface area contributed by atoms with Gasteiger partial charge < -0.3 is 16.0 Å². The summed E-state index contributed by atoms with van der Waals surface area (Å²) < 4.78 is 0. The molecule has 0 saturated carbocycles. The van der Waals surface area contributed by atoms with Crippen molar-refractivity contribution in [2.45, 2.75) is 51.6 Å². The Morgan fingerprint density at radius 3 is 2.60 bits per heavy atom. The normalized spacial score (nSPS) is 26.9. The fourth-order valence-electron chi connectivity index (χ4n) is 1.97. The van der Waals surface area contributed by atoms with Crippen LogP contribution < -0.4 is 11.1 Å². The topological polar surface area (TPSA) is 58.4 Å². The predicted octanol–water partition coefficient (Wildman–Crippen LogP) is 1.31. The van der Waals surface area contributed by atoms with Crippen molar-refractivity contribution in [2.24, 2.45) is 5.73 Å². The number of likely N-dealkylation sites (tertiary alicyclic amines) is 1. The predicted molar refractivity (Wildman–Crippen MR) is 61.7 cm³/mol. The molecule has 1 aliphatic rings. The van der Waals surface area contributed by atoms with Crippen LogP contribution in [0.4, 0.5) is 4.79 Å². The number of urea groups is 1. The molecule has 1 unspecified atom stereocenters. The number of nitrogens with zero attached hydrogens (tertiary/aromatic N) is 1. The van der Waals surface area contributed by atoms with Crippen LogP contribution in [0.25, 0.3) is 0 Å². The van der Waals surface area contributed by atoms with Gasteiger partial charge in [-0.3, -0.25) is 0 Å². The van der Waals surface area contributed by atoms with E-state index in [1.165, 1.54) is 0 Å². The van der Waals surface area contributed by atoms with Gasteiger partial charge >= 0.3 is 6.03 Å². The molecule has 0 bridgehead atoms. The first-order valence-electron chi connectivity index (χ1n) is 5.58. The molecule has 15 heavy (non-hydrogen) atoms. The van der Waals surface area contributed by atoms with Gasteiger partial charge in [-0.2, -0.15) is 0 Å². The van der Waals surface area contributed by atoms with Crippen LogP contribution in [-0.2, 0) is 0 Å². The van der Waals surface area contributed by atoms with Crippen LogP contribution in [0, 0.1) is 0 Å². The van der Waals surface area contributed by atoms with Gasteiger partial charge in [0.05, 0.1) is 5.54 Å². The molecule has 0 aromatic rings. The fourth-order valence-corrected chi connectivity index (χ4v) is 1.97. The fraction of sp³-hybridized carbons (Fsp3) is 0.909. The van der Waals surface area contributed by atoms with Gasteiger partial charge in [-0.1, -0.05) is 0 Å². The molecular formula is C11H23N3O. The lowest BCUT2D eigenvalue weighted by Gasteiger charge is -2.36. The molecule has 1 atom stereocenters. The standard InChI is InChI=1S/C11H23N3O/c1-10(2,3)13-9(15)14-7-5-6-11(14,4)8-12/h5-8,12H2,1-4H3,(H,13,15). The third-order valence-electron chi connectivity index (χ3n) is 2.92. The zero-order chi connectivity index (χ0) is 11.7. The summed E-state index contributed by atoms with van der Waals surface area (Å²) in [5, 5.41) is 2.98. The first-order chi connectivity index (χ1) is 6.78. The maximum Gasteiger partial charge on any atom is 0.318 e. The van der Waals surface area contributed by atoms with E-state index in [4.69, 9.17) is 5.73 Å². The summed E-state index contributed by atoms with van der Waals surface area (Å²) >= 11 is 0. The van der Waals surface area contributed by atoms with E-state index in [0.29, 0.717) is 6.54 Å². The molecule has 1 aliphatic heterocycles. The van der Waals surface area contributed by atoms with Gasteiger partial charge in [-0.05, 0) is 40.5 Å². The minimum Gasteiger partial charge on any atom is -0.333 e. The summed E-state index contributed by atoms with van der Waals surface area (Å²) in [6.07, 6.45) is 2.05. The quantitative estimate of drug-likeness (QED) is 0.690. The van der Waals surface area contributed by atoms with Crippen molar-refractivity contribution < 1.29 is 4.79 Å². The van der Waals surface area contributed by atoms with Gasteiger partial charge in [0, 0.05) is 18.6 Å². The second-order valence-corrected chi connectivity index (χ2v) is 5.64.